The predicted octanol–water partition coefficient (Wildman–Crippen LogP) is 3.35. The average Bonchev–Trinajstić information content (AvgIpc) is 2.24. The number of hydrogen-bond acceptors (Lipinski definition) is 2. The van der Waals surface area contributed by atoms with Gasteiger partial charge >= 0.3 is 0 Å². The molecular formula is C12H14F2O2. The van der Waals surface area contributed by atoms with Crippen molar-refractivity contribution in [1.82, 2.24) is 0 Å². The predicted molar refractivity (Wildman–Crippen MR) is 56.8 cm³/mol. The minimum atomic E-state index is -0.845. The van der Waals surface area contributed by atoms with E-state index in [0.29, 0.717) is 12.5 Å². The fourth-order valence-corrected chi connectivity index (χ4v) is 1.45. The molecule has 1 rings (SSSR count). The van der Waals surface area contributed by atoms with Crippen LogP contribution < -0.4 is 4.74 Å². The normalized spacial score (nSPS) is 10.2. The van der Waals surface area contributed by atoms with E-state index in [9.17, 15) is 13.6 Å². The van der Waals surface area contributed by atoms with Gasteiger partial charge in [-0.2, -0.15) is 0 Å². The molecule has 1 aromatic carbocycles. The summed E-state index contributed by atoms with van der Waals surface area (Å²) in [6, 6.07) is 1.72. The van der Waals surface area contributed by atoms with Gasteiger partial charge in [0, 0.05) is 12.5 Å². The van der Waals surface area contributed by atoms with Crippen molar-refractivity contribution < 1.29 is 18.3 Å². The van der Waals surface area contributed by atoms with E-state index in [1.807, 2.05) is 6.92 Å². The number of Topliss-reactive ketones (excluding diaryl/α,β-unsaturated/α-hetero) is 1. The number of hydrogen-bond donors (Lipinski definition) is 0. The molecule has 0 heterocycles. The monoisotopic (exact) mass is 228 g/mol. The first-order valence-corrected chi connectivity index (χ1v) is 5.16. The summed E-state index contributed by atoms with van der Waals surface area (Å²) >= 11 is 0. The zero-order valence-corrected chi connectivity index (χ0v) is 9.35. The number of unbranched alkanes of at least 4 members (excludes halogenated alkanes) is 1. The Balaban J connectivity index is 3.05. The van der Waals surface area contributed by atoms with Crippen molar-refractivity contribution in [3.05, 3.63) is 29.3 Å². The van der Waals surface area contributed by atoms with Gasteiger partial charge in [0.15, 0.2) is 17.3 Å². The van der Waals surface area contributed by atoms with E-state index >= 15 is 0 Å². The lowest BCUT2D eigenvalue weighted by Gasteiger charge is -2.08. The van der Waals surface area contributed by atoms with Crippen LogP contribution in [0.4, 0.5) is 8.78 Å². The van der Waals surface area contributed by atoms with Gasteiger partial charge in [0.05, 0.1) is 12.7 Å². The van der Waals surface area contributed by atoms with E-state index < -0.39 is 11.6 Å². The number of ether oxygens (including phenoxy) is 1. The molecule has 0 radical (unpaired) electrons. The van der Waals surface area contributed by atoms with Crippen LogP contribution in [0, 0.1) is 11.6 Å². The van der Waals surface area contributed by atoms with Crippen LogP contribution in [0.2, 0.25) is 0 Å². The highest BCUT2D eigenvalue weighted by Crippen LogP contribution is 2.25. The summed E-state index contributed by atoms with van der Waals surface area (Å²) in [5.41, 5.74) is -0.0200. The summed E-state index contributed by atoms with van der Waals surface area (Å²) in [5, 5.41) is 0. The number of carbonyl (C=O) groups excluding carboxylic acids is 1. The Hall–Kier alpha value is -1.45. The second kappa shape index (κ2) is 5.58. The Morgan fingerprint density at radius 3 is 2.62 bits per heavy atom. The first-order chi connectivity index (χ1) is 7.60. The van der Waals surface area contributed by atoms with Crippen molar-refractivity contribution in [3.8, 4) is 5.75 Å². The number of halogens is 2. The van der Waals surface area contributed by atoms with E-state index in [4.69, 9.17) is 4.74 Å². The van der Waals surface area contributed by atoms with E-state index in [0.717, 1.165) is 12.5 Å². The van der Waals surface area contributed by atoms with E-state index in [1.165, 1.54) is 7.11 Å². The molecule has 1 aromatic rings. The van der Waals surface area contributed by atoms with Crippen molar-refractivity contribution >= 4 is 5.78 Å². The van der Waals surface area contributed by atoms with Crippen LogP contribution in [0.1, 0.15) is 36.5 Å². The minimum Gasteiger partial charge on any atom is -0.493 e. The molecule has 0 aliphatic rings. The van der Waals surface area contributed by atoms with Crippen molar-refractivity contribution in [2.75, 3.05) is 7.11 Å². The summed E-state index contributed by atoms with van der Waals surface area (Å²) in [5.74, 6) is -2.08. The average molecular weight is 228 g/mol. The molecule has 0 N–H and O–H groups in total. The zero-order chi connectivity index (χ0) is 12.1. The Labute approximate surface area is 93.2 Å². The maximum atomic E-state index is 13.3. The Morgan fingerprint density at radius 1 is 1.38 bits per heavy atom. The number of carbonyl (C=O) groups is 1. The molecule has 0 saturated carbocycles. The molecule has 16 heavy (non-hydrogen) atoms. The molecule has 0 bridgehead atoms. The van der Waals surface area contributed by atoms with Crippen molar-refractivity contribution in [2.45, 2.75) is 26.2 Å². The number of benzene rings is 1. The molecule has 2 nitrogen and oxygen atoms in total. The molecule has 0 atom stereocenters. The Morgan fingerprint density at radius 2 is 2.06 bits per heavy atom. The highest BCUT2D eigenvalue weighted by Gasteiger charge is 2.17. The van der Waals surface area contributed by atoms with Gasteiger partial charge in [0.2, 0.25) is 0 Å². The topological polar surface area (TPSA) is 26.3 Å². The third-order valence-corrected chi connectivity index (χ3v) is 2.27. The van der Waals surface area contributed by atoms with Crippen LogP contribution in [0.15, 0.2) is 12.1 Å². The molecule has 0 fully saturated rings. The molecule has 4 heteroatoms. The SMILES string of the molecule is CCCCC(=O)c1cc(F)cc(F)c1OC. The van der Waals surface area contributed by atoms with E-state index in [2.05, 4.69) is 0 Å². The van der Waals surface area contributed by atoms with Gasteiger partial charge in [-0.05, 0) is 12.5 Å². The number of ketones is 1. The summed E-state index contributed by atoms with van der Waals surface area (Å²) in [4.78, 5) is 11.7. The highest BCUT2D eigenvalue weighted by molar-refractivity contribution is 5.98. The molecule has 0 aromatic heterocycles. The van der Waals surface area contributed by atoms with Gasteiger partial charge in [-0.1, -0.05) is 13.3 Å². The Bertz CT molecular complexity index is 389. The van der Waals surface area contributed by atoms with Gasteiger partial charge in [-0.15, -0.1) is 0 Å². The molecule has 0 aliphatic heterocycles. The third kappa shape index (κ3) is 2.78. The second-order valence-corrected chi connectivity index (χ2v) is 3.50. The lowest BCUT2D eigenvalue weighted by atomic mass is 10.0. The zero-order valence-electron chi connectivity index (χ0n) is 9.35. The van der Waals surface area contributed by atoms with Gasteiger partial charge in [0.25, 0.3) is 0 Å². The van der Waals surface area contributed by atoms with E-state index in [-0.39, 0.29) is 23.5 Å². The van der Waals surface area contributed by atoms with Gasteiger partial charge in [-0.25, -0.2) is 8.78 Å². The van der Waals surface area contributed by atoms with Crippen LogP contribution in [0.25, 0.3) is 0 Å². The van der Waals surface area contributed by atoms with Gasteiger partial charge in [0.1, 0.15) is 5.82 Å². The molecular weight excluding hydrogens is 214 g/mol. The van der Waals surface area contributed by atoms with Crippen molar-refractivity contribution in [1.29, 1.82) is 0 Å². The first-order valence-electron chi connectivity index (χ1n) is 5.16. The molecule has 0 saturated heterocycles. The largest absolute Gasteiger partial charge is 0.493 e. The summed E-state index contributed by atoms with van der Waals surface area (Å²) in [7, 11) is 1.26. The molecule has 0 unspecified atom stereocenters. The molecule has 0 amide bonds. The van der Waals surface area contributed by atoms with Crippen LogP contribution in [-0.4, -0.2) is 12.9 Å². The molecule has 0 spiro atoms. The van der Waals surface area contributed by atoms with Crippen LogP contribution in [0.3, 0.4) is 0 Å². The second-order valence-electron chi connectivity index (χ2n) is 3.50. The smallest absolute Gasteiger partial charge is 0.168 e. The quantitative estimate of drug-likeness (QED) is 0.722. The maximum Gasteiger partial charge on any atom is 0.168 e. The van der Waals surface area contributed by atoms with Gasteiger partial charge in [-0.3, -0.25) is 4.79 Å². The van der Waals surface area contributed by atoms with Crippen LogP contribution >= 0.6 is 0 Å². The minimum absolute atomic E-state index is 0.0200. The highest BCUT2D eigenvalue weighted by atomic mass is 19.1. The molecule has 0 aliphatic carbocycles. The van der Waals surface area contributed by atoms with Crippen LogP contribution in [-0.2, 0) is 0 Å². The van der Waals surface area contributed by atoms with Gasteiger partial charge < -0.3 is 4.74 Å². The number of methoxy groups -OCH3 is 1. The van der Waals surface area contributed by atoms with Crippen LogP contribution in [0.5, 0.6) is 5.75 Å². The summed E-state index contributed by atoms with van der Waals surface area (Å²) in [6.07, 6.45) is 1.82. The lowest BCUT2D eigenvalue weighted by Crippen LogP contribution is -2.04. The summed E-state index contributed by atoms with van der Waals surface area (Å²) in [6.45, 7) is 1.94. The van der Waals surface area contributed by atoms with Crippen molar-refractivity contribution in [2.24, 2.45) is 0 Å². The number of rotatable bonds is 5. The third-order valence-electron chi connectivity index (χ3n) is 2.27. The summed E-state index contributed by atoms with van der Waals surface area (Å²) < 4.78 is 31.0. The molecule has 88 valence electrons. The Kier molecular flexibility index (Phi) is 4.40. The fraction of sp³-hybridized carbons (Fsp3) is 0.417. The maximum absolute atomic E-state index is 13.3. The fourth-order valence-electron chi connectivity index (χ4n) is 1.45. The van der Waals surface area contributed by atoms with Crippen molar-refractivity contribution in [3.63, 3.8) is 0 Å². The lowest BCUT2D eigenvalue weighted by molar-refractivity contribution is 0.0975. The first kappa shape index (κ1) is 12.6. The standard InChI is InChI=1S/C12H14F2O2/c1-3-4-5-11(15)9-6-8(13)7-10(14)12(9)16-2/h6-7H,3-5H2,1-2H3. The van der Waals surface area contributed by atoms with E-state index in [1.54, 1.807) is 0 Å².